The van der Waals surface area contributed by atoms with E-state index in [-0.39, 0.29) is 24.3 Å². The number of nitrogens with one attached hydrogen (secondary N) is 1. The SMILES string of the molecule is CC(=O)c1ccc(-c2cc(Cl)c3c(c2)CC(CNC(=O)Cn2nc(C)nc2C)O3)s1. The molecule has 0 saturated carbocycles. The van der Waals surface area contributed by atoms with Gasteiger partial charge in [0, 0.05) is 16.9 Å². The summed E-state index contributed by atoms with van der Waals surface area (Å²) in [5.41, 5.74) is 1.96. The Balaban J connectivity index is 1.40. The normalized spacial score (nSPS) is 15.0. The van der Waals surface area contributed by atoms with Crippen molar-refractivity contribution in [3.8, 4) is 16.2 Å². The van der Waals surface area contributed by atoms with Crippen LogP contribution in [0, 0.1) is 13.8 Å². The smallest absolute Gasteiger partial charge is 0.241 e. The van der Waals surface area contributed by atoms with Gasteiger partial charge in [-0.2, -0.15) is 5.10 Å². The highest BCUT2D eigenvalue weighted by molar-refractivity contribution is 7.17. The third-order valence-electron chi connectivity index (χ3n) is 4.87. The van der Waals surface area contributed by atoms with Crippen molar-refractivity contribution in [1.82, 2.24) is 20.1 Å². The van der Waals surface area contributed by atoms with Crippen LogP contribution in [-0.4, -0.2) is 39.1 Å². The molecule has 1 aliphatic heterocycles. The third-order valence-corrected chi connectivity index (χ3v) is 6.39. The number of aromatic nitrogens is 3. The molecule has 1 atom stereocenters. The minimum Gasteiger partial charge on any atom is -0.486 e. The molecule has 0 fully saturated rings. The van der Waals surface area contributed by atoms with E-state index in [1.54, 1.807) is 18.5 Å². The number of carbonyl (C=O) groups excluding carboxylic acids is 2. The summed E-state index contributed by atoms with van der Waals surface area (Å²) in [6, 6.07) is 7.66. The van der Waals surface area contributed by atoms with Crippen LogP contribution in [0.15, 0.2) is 24.3 Å². The minimum absolute atomic E-state index is 0.0499. The van der Waals surface area contributed by atoms with Crippen molar-refractivity contribution >= 4 is 34.6 Å². The molecule has 0 saturated heterocycles. The number of fused-ring (bicyclic) bond motifs is 1. The lowest BCUT2D eigenvalue weighted by atomic mass is 10.1. The fraction of sp³-hybridized carbons (Fsp3) is 0.333. The van der Waals surface area contributed by atoms with E-state index in [2.05, 4.69) is 15.4 Å². The Labute approximate surface area is 183 Å². The van der Waals surface area contributed by atoms with E-state index in [4.69, 9.17) is 16.3 Å². The molecule has 1 aromatic carbocycles. The van der Waals surface area contributed by atoms with Crippen LogP contribution in [0.2, 0.25) is 5.02 Å². The molecule has 0 bridgehead atoms. The molecule has 156 valence electrons. The number of ether oxygens (including phenoxy) is 1. The van der Waals surface area contributed by atoms with Crippen molar-refractivity contribution in [3.05, 3.63) is 51.4 Å². The van der Waals surface area contributed by atoms with E-state index >= 15 is 0 Å². The van der Waals surface area contributed by atoms with E-state index < -0.39 is 0 Å². The molecule has 3 heterocycles. The molecular weight excluding hydrogens is 424 g/mol. The molecule has 30 heavy (non-hydrogen) atoms. The van der Waals surface area contributed by atoms with Gasteiger partial charge in [0.25, 0.3) is 0 Å². The number of rotatable bonds is 6. The third kappa shape index (κ3) is 4.24. The molecule has 0 aliphatic carbocycles. The zero-order valence-electron chi connectivity index (χ0n) is 16.9. The molecule has 7 nitrogen and oxygen atoms in total. The van der Waals surface area contributed by atoms with Gasteiger partial charge < -0.3 is 10.1 Å². The first-order chi connectivity index (χ1) is 14.3. The van der Waals surface area contributed by atoms with Crippen LogP contribution < -0.4 is 10.1 Å². The van der Waals surface area contributed by atoms with E-state index in [9.17, 15) is 9.59 Å². The monoisotopic (exact) mass is 444 g/mol. The molecule has 2 aromatic heterocycles. The Kier molecular flexibility index (Phi) is 5.62. The van der Waals surface area contributed by atoms with Gasteiger partial charge in [-0.15, -0.1) is 11.3 Å². The van der Waals surface area contributed by atoms with Gasteiger partial charge in [0.05, 0.1) is 16.4 Å². The zero-order valence-corrected chi connectivity index (χ0v) is 18.4. The number of amides is 1. The highest BCUT2D eigenvalue weighted by Crippen LogP contribution is 2.41. The van der Waals surface area contributed by atoms with Crippen molar-refractivity contribution in [2.75, 3.05) is 6.54 Å². The first-order valence-corrected chi connectivity index (χ1v) is 10.7. The topological polar surface area (TPSA) is 86.1 Å². The molecule has 1 aliphatic rings. The van der Waals surface area contributed by atoms with Crippen molar-refractivity contribution in [3.63, 3.8) is 0 Å². The number of aryl methyl sites for hydroxylation is 2. The molecule has 1 N–H and O–H groups in total. The lowest BCUT2D eigenvalue weighted by molar-refractivity contribution is -0.122. The van der Waals surface area contributed by atoms with E-state index in [1.807, 2.05) is 31.2 Å². The number of benzene rings is 1. The largest absolute Gasteiger partial charge is 0.486 e. The van der Waals surface area contributed by atoms with Gasteiger partial charge in [-0.25, -0.2) is 9.67 Å². The summed E-state index contributed by atoms with van der Waals surface area (Å²) in [7, 11) is 0. The maximum absolute atomic E-state index is 12.3. The maximum atomic E-state index is 12.3. The lowest BCUT2D eigenvalue weighted by Gasteiger charge is -2.12. The van der Waals surface area contributed by atoms with E-state index in [0.29, 0.717) is 35.4 Å². The Morgan fingerprint density at radius 2 is 2.13 bits per heavy atom. The number of hydrogen-bond acceptors (Lipinski definition) is 6. The van der Waals surface area contributed by atoms with Gasteiger partial charge in [-0.05, 0) is 50.6 Å². The van der Waals surface area contributed by atoms with E-state index in [1.165, 1.54) is 11.3 Å². The van der Waals surface area contributed by atoms with Crippen LogP contribution >= 0.6 is 22.9 Å². The van der Waals surface area contributed by atoms with Gasteiger partial charge in [-0.1, -0.05) is 11.6 Å². The van der Waals surface area contributed by atoms with Gasteiger partial charge in [0.15, 0.2) is 5.78 Å². The molecule has 1 amide bonds. The van der Waals surface area contributed by atoms with Crippen molar-refractivity contribution < 1.29 is 14.3 Å². The Morgan fingerprint density at radius 3 is 2.80 bits per heavy atom. The van der Waals surface area contributed by atoms with Crippen LogP contribution in [0.25, 0.3) is 10.4 Å². The van der Waals surface area contributed by atoms with Gasteiger partial charge in [0.1, 0.15) is 30.0 Å². The summed E-state index contributed by atoms with van der Waals surface area (Å²) in [6.45, 7) is 5.66. The van der Waals surface area contributed by atoms with Gasteiger partial charge in [-0.3, -0.25) is 9.59 Å². The summed E-state index contributed by atoms with van der Waals surface area (Å²) in [5.74, 6) is 1.90. The number of Topliss-reactive ketones (excluding diaryl/α,β-unsaturated/α-hetero) is 1. The molecule has 0 spiro atoms. The highest BCUT2D eigenvalue weighted by Gasteiger charge is 2.27. The second-order valence-electron chi connectivity index (χ2n) is 7.28. The minimum atomic E-state index is -0.189. The zero-order chi connectivity index (χ0) is 21.4. The first-order valence-electron chi connectivity index (χ1n) is 9.55. The number of carbonyl (C=O) groups is 2. The maximum Gasteiger partial charge on any atom is 0.241 e. The first kappa shape index (κ1) is 20.6. The summed E-state index contributed by atoms with van der Waals surface area (Å²) in [5, 5.41) is 7.63. The van der Waals surface area contributed by atoms with Crippen LogP contribution in [0.1, 0.15) is 33.8 Å². The van der Waals surface area contributed by atoms with E-state index in [0.717, 1.165) is 20.9 Å². The average molecular weight is 445 g/mol. The van der Waals surface area contributed by atoms with Crippen molar-refractivity contribution in [1.29, 1.82) is 0 Å². The molecule has 4 rings (SSSR count). The van der Waals surface area contributed by atoms with Crippen LogP contribution in [-0.2, 0) is 17.8 Å². The number of ketones is 1. The molecule has 3 aromatic rings. The second kappa shape index (κ2) is 8.20. The summed E-state index contributed by atoms with van der Waals surface area (Å²) >= 11 is 7.90. The summed E-state index contributed by atoms with van der Waals surface area (Å²) in [4.78, 5) is 29.7. The summed E-state index contributed by atoms with van der Waals surface area (Å²) < 4.78 is 7.55. The predicted molar refractivity (Wildman–Crippen MR) is 115 cm³/mol. The van der Waals surface area contributed by atoms with Crippen molar-refractivity contribution in [2.45, 2.75) is 39.8 Å². The number of halogens is 1. The Morgan fingerprint density at radius 1 is 1.33 bits per heavy atom. The molecule has 9 heteroatoms. The molecule has 0 radical (unpaired) electrons. The fourth-order valence-electron chi connectivity index (χ4n) is 3.46. The van der Waals surface area contributed by atoms with Gasteiger partial charge >= 0.3 is 0 Å². The van der Waals surface area contributed by atoms with Crippen molar-refractivity contribution in [2.24, 2.45) is 0 Å². The average Bonchev–Trinajstić information content (AvgIpc) is 3.39. The quantitative estimate of drug-likeness (QED) is 0.587. The van der Waals surface area contributed by atoms with Crippen LogP contribution in [0.3, 0.4) is 0 Å². The Hall–Kier alpha value is -2.71. The second-order valence-corrected chi connectivity index (χ2v) is 8.77. The predicted octanol–water partition coefficient (Wildman–Crippen LogP) is 3.60. The lowest BCUT2D eigenvalue weighted by Crippen LogP contribution is -2.36. The molecular formula is C21H21ClN4O3S. The molecule has 1 unspecified atom stereocenters. The number of nitrogens with zero attached hydrogens (tertiary/aromatic N) is 3. The van der Waals surface area contributed by atoms with Gasteiger partial charge in [0.2, 0.25) is 5.91 Å². The number of hydrogen-bond donors (Lipinski definition) is 1. The standard InChI is InChI=1S/C21H21ClN4O3S/c1-11(27)18-4-5-19(30-18)14-6-15-7-16(29-21(15)17(22)8-14)9-23-20(28)10-26-13(3)24-12(2)25-26/h4-6,8,16H,7,9-10H2,1-3H3,(H,23,28). The number of thiophene rings is 1. The summed E-state index contributed by atoms with van der Waals surface area (Å²) in [6.07, 6.45) is 0.460. The Bertz CT molecular complexity index is 1140. The fourth-order valence-corrected chi connectivity index (χ4v) is 4.63. The highest BCUT2D eigenvalue weighted by atomic mass is 35.5. The van der Waals surface area contributed by atoms with Crippen LogP contribution in [0.4, 0.5) is 0 Å². The van der Waals surface area contributed by atoms with Crippen LogP contribution in [0.5, 0.6) is 5.75 Å².